The number of aliphatic hydroxyl groups excluding tert-OH is 1. The van der Waals surface area contributed by atoms with Crippen molar-refractivity contribution in [2.24, 2.45) is 0 Å². The average Bonchev–Trinajstić information content (AvgIpc) is 3.16. The summed E-state index contributed by atoms with van der Waals surface area (Å²) in [5.74, 6) is 0. The van der Waals surface area contributed by atoms with Crippen LogP contribution in [0, 0.1) is 0 Å². The van der Waals surface area contributed by atoms with Crippen LogP contribution in [0.2, 0.25) is 0 Å². The molecule has 0 aliphatic rings. The number of nitrogens with one attached hydrogen (secondary N) is 3. The summed E-state index contributed by atoms with van der Waals surface area (Å²) >= 11 is 0. The van der Waals surface area contributed by atoms with Gasteiger partial charge in [-0.05, 0) is 29.3 Å². The van der Waals surface area contributed by atoms with E-state index in [0.717, 1.165) is 16.8 Å². The minimum absolute atomic E-state index is 0.170. The number of nitrogens with zero attached hydrogens (tertiary/aromatic N) is 1. The Labute approximate surface area is 139 Å². The Hall–Kier alpha value is -3.12. The molecule has 0 fully saturated rings. The Morgan fingerprint density at radius 3 is 2.46 bits per heavy atom. The van der Waals surface area contributed by atoms with Crippen LogP contribution in [0.25, 0.3) is 11.3 Å². The van der Waals surface area contributed by atoms with E-state index in [1.807, 2.05) is 60.7 Å². The summed E-state index contributed by atoms with van der Waals surface area (Å²) in [4.78, 5) is 12.1. The number of amides is 2. The first kappa shape index (κ1) is 15.8. The third-order valence-corrected chi connectivity index (χ3v) is 3.64. The molecule has 1 heterocycles. The van der Waals surface area contributed by atoms with Crippen molar-refractivity contribution < 1.29 is 9.90 Å². The Morgan fingerprint density at radius 2 is 1.83 bits per heavy atom. The Bertz CT molecular complexity index is 771. The lowest BCUT2D eigenvalue weighted by atomic mass is 10.1. The zero-order valence-electron chi connectivity index (χ0n) is 12.9. The van der Waals surface area contributed by atoms with Crippen LogP contribution in [-0.2, 0) is 0 Å². The molecule has 0 aliphatic carbocycles. The van der Waals surface area contributed by atoms with Gasteiger partial charge in [0.1, 0.15) is 0 Å². The molecule has 122 valence electrons. The minimum atomic E-state index is -0.449. The number of anilines is 1. The maximum atomic E-state index is 12.1. The van der Waals surface area contributed by atoms with E-state index >= 15 is 0 Å². The topological polar surface area (TPSA) is 90.0 Å². The van der Waals surface area contributed by atoms with Crippen LogP contribution in [-0.4, -0.2) is 27.9 Å². The van der Waals surface area contributed by atoms with Crippen molar-refractivity contribution in [2.45, 2.75) is 6.04 Å². The lowest BCUT2D eigenvalue weighted by Crippen LogP contribution is -2.34. The molecule has 3 rings (SSSR count). The number of hydrogen-bond acceptors (Lipinski definition) is 3. The zero-order chi connectivity index (χ0) is 16.8. The molecule has 0 radical (unpaired) electrons. The molecule has 4 N–H and O–H groups in total. The second-order valence-electron chi connectivity index (χ2n) is 5.29. The molecule has 2 amide bonds. The first-order valence-corrected chi connectivity index (χ1v) is 7.59. The van der Waals surface area contributed by atoms with Gasteiger partial charge in [0.05, 0.1) is 18.3 Å². The van der Waals surface area contributed by atoms with Gasteiger partial charge in [0.25, 0.3) is 0 Å². The van der Waals surface area contributed by atoms with Crippen molar-refractivity contribution in [3.05, 3.63) is 72.4 Å². The number of carbonyl (C=O) groups excluding carboxylic acids is 1. The van der Waals surface area contributed by atoms with E-state index in [4.69, 9.17) is 0 Å². The van der Waals surface area contributed by atoms with Crippen molar-refractivity contribution in [1.29, 1.82) is 0 Å². The van der Waals surface area contributed by atoms with E-state index in [1.165, 1.54) is 0 Å². The fourth-order valence-corrected chi connectivity index (χ4v) is 2.39. The van der Waals surface area contributed by atoms with Crippen LogP contribution >= 0.6 is 0 Å². The maximum Gasteiger partial charge on any atom is 0.319 e. The normalized spacial score (nSPS) is 11.7. The summed E-state index contributed by atoms with van der Waals surface area (Å²) in [6.07, 6.45) is 1.69. The number of carbonyl (C=O) groups is 1. The zero-order valence-corrected chi connectivity index (χ0v) is 12.9. The maximum absolute atomic E-state index is 12.1. The number of aliphatic hydroxyl groups is 1. The fourth-order valence-electron chi connectivity index (χ4n) is 2.39. The van der Waals surface area contributed by atoms with Gasteiger partial charge in [-0.3, -0.25) is 5.10 Å². The van der Waals surface area contributed by atoms with Gasteiger partial charge in [-0.2, -0.15) is 5.10 Å². The monoisotopic (exact) mass is 322 g/mol. The summed E-state index contributed by atoms with van der Waals surface area (Å²) in [5.41, 5.74) is 3.41. The number of rotatable bonds is 5. The van der Waals surface area contributed by atoms with Crippen molar-refractivity contribution in [3.63, 3.8) is 0 Å². The largest absolute Gasteiger partial charge is 0.394 e. The molecule has 2 aromatic carbocycles. The first-order valence-electron chi connectivity index (χ1n) is 7.59. The predicted molar refractivity (Wildman–Crippen MR) is 92.4 cm³/mol. The van der Waals surface area contributed by atoms with Crippen molar-refractivity contribution in [2.75, 3.05) is 11.9 Å². The third-order valence-electron chi connectivity index (χ3n) is 3.64. The number of hydrogen-bond donors (Lipinski definition) is 4. The van der Waals surface area contributed by atoms with Gasteiger partial charge in [-0.25, -0.2) is 4.79 Å². The molecular formula is C18H18N4O2. The number of H-pyrrole nitrogens is 1. The summed E-state index contributed by atoms with van der Waals surface area (Å²) < 4.78 is 0. The Balaban J connectivity index is 1.62. The Morgan fingerprint density at radius 1 is 1.08 bits per heavy atom. The molecule has 0 saturated heterocycles. The third kappa shape index (κ3) is 3.80. The molecule has 1 aromatic heterocycles. The molecule has 3 aromatic rings. The lowest BCUT2D eigenvalue weighted by molar-refractivity contribution is 0.225. The van der Waals surface area contributed by atoms with E-state index in [-0.39, 0.29) is 12.6 Å². The highest BCUT2D eigenvalue weighted by Crippen LogP contribution is 2.19. The lowest BCUT2D eigenvalue weighted by Gasteiger charge is -2.17. The average molecular weight is 322 g/mol. The molecule has 1 atom stereocenters. The van der Waals surface area contributed by atoms with Gasteiger partial charge in [0.15, 0.2) is 0 Å². The van der Waals surface area contributed by atoms with E-state index < -0.39 is 6.04 Å². The van der Waals surface area contributed by atoms with Gasteiger partial charge in [-0.15, -0.1) is 0 Å². The van der Waals surface area contributed by atoms with E-state index in [2.05, 4.69) is 20.8 Å². The highest BCUT2D eigenvalue weighted by atomic mass is 16.3. The van der Waals surface area contributed by atoms with Gasteiger partial charge in [0, 0.05) is 11.9 Å². The molecule has 24 heavy (non-hydrogen) atoms. The summed E-state index contributed by atoms with van der Waals surface area (Å²) in [6, 6.07) is 17.8. The number of aromatic amines is 1. The van der Waals surface area contributed by atoms with Gasteiger partial charge >= 0.3 is 6.03 Å². The second kappa shape index (κ2) is 7.43. The molecule has 6 nitrogen and oxygen atoms in total. The second-order valence-corrected chi connectivity index (χ2v) is 5.29. The summed E-state index contributed by atoms with van der Waals surface area (Å²) in [6.45, 7) is -0.170. The number of aromatic nitrogens is 2. The Kier molecular flexibility index (Phi) is 4.88. The SMILES string of the molecule is O=C(Nc1ccc(-c2ccn[nH]2)cc1)NC(CO)c1ccccc1. The van der Waals surface area contributed by atoms with Crippen LogP contribution in [0.4, 0.5) is 10.5 Å². The highest BCUT2D eigenvalue weighted by molar-refractivity contribution is 5.89. The van der Waals surface area contributed by atoms with Gasteiger partial charge in [0.2, 0.25) is 0 Å². The van der Waals surface area contributed by atoms with E-state index in [1.54, 1.807) is 6.20 Å². The van der Waals surface area contributed by atoms with Crippen LogP contribution in [0.15, 0.2) is 66.9 Å². The van der Waals surface area contributed by atoms with Gasteiger partial charge in [-0.1, -0.05) is 42.5 Å². The van der Waals surface area contributed by atoms with E-state index in [9.17, 15) is 9.90 Å². The van der Waals surface area contributed by atoms with Crippen molar-refractivity contribution >= 4 is 11.7 Å². The molecule has 0 bridgehead atoms. The summed E-state index contributed by atoms with van der Waals surface area (Å²) in [7, 11) is 0. The van der Waals surface area contributed by atoms with Crippen LogP contribution < -0.4 is 10.6 Å². The quantitative estimate of drug-likeness (QED) is 0.582. The predicted octanol–water partition coefficient (Wildman–Crippen LogP) is 2.93. The molecule has 1 unspecified atom stereocenters. The van der Waals surface area contributed by atoms with Crippen LogP contribution in [0.1, 0.15) is 11.6 Å². The fraction of sp³-hybridized carbons (Fsp3) is 0.111. The molecule has 0 spiro atoms. The standard InChI is InChI=1S/C18H18N4O2/c23-12-17(13-4-2-1-3-5-13)21-18(24)20-15-8-6-14(7-9-15)16-10-11-19-22-16/h1-11,17,23H,12H2,(H,19,22)(H2,20,21,24). The van der Waals surface area contributed by atoms with E-state index in [0.29, 0.717) is 5.69 Å². The first-order chi connectivity index (χ1) is 11.8. The molecule has 0 saturated carbocycles. The highest BCUT2D eigenvalue weighted by Gasteiger charge is 2.13. The molecule has 0 aliphatic heterocycles. The molecule has 6 heteroatoms. The minimum Gasteiger partial charge on any atom is -0.394 e. The number of urea groups is 1. The van der Waals surface area contributed by atoms with Crippen LogP contribution in [0.5, 0.6) is 0 Å². The van der Waals surface area contributed by atoms with Gasteiger partial charge < -0.3 is 15.7 Å². The van der Waals surface area contributed by atoms with Crippen molar-refractivity contribution in [3.8, 4) is 11.3 Å². The smallest absolute Gasteiger partial charge is 0.319 e. The summed E-state index contributed by atoms with van der Waals surface area (Å²) in [5, 5.41) is 21.8. The molecular weight excluding hydrogens is 304 g/mol. The number of benzene rings is 2. The van der Waals surface area contributed by atoms with Crippen molar-refractivity contribution in [1.82, 2.24) is 15.5 Å². The van der Waals surface area contributed by atoms with Crippen LogP contribution in [0.3, 0.4) is 0 Å².